The molecule has 126 valence electrons. The van der Waals surface area contributed by atoms with Gasteiger partial charge in [-0.1, -0.05) is 12.1 Å². The molecule has 2 heterocycles. The number of rotatable bonds is 4. The minimum Gasteiger partial charge on any atom is -0.497 e. The van der Waals surface area contributed by atoms with Crippen LogP contribution in [0.4, 0.5) is 0 Å². The van der Waals surface area contributed by atoms with Crippen LogP contribution in [0.2, 0.25) is 0 Å². The Morgan fingerprint density at radius 1 is 1.43 bits per heavy atom. The second kappa shape index (κ2) is 6.89. The van der Waals surface area contributed by atoms with Crippen molar-refractivity contribution in [3.05, 3.63) is 29.8 Å². The summed E-state index contributed by atoms with van der Waals surface area (Å²) in [6.07, 6.45) is 4.30. The van der Waals surface area contributed by atoms with Gasteiger partial charge in [0, 0.05) is 13.1 Å². The van der Waals surface area contributed by atoms with E-state index in [1.807, 2.05) is 17.0 Å². The first-order chi connectivity index (χ1) is 11.1. The molecule has 0 aromatic heterocycles. The van der Waals surface area contributed by atoms with Gasteiger partial charge in [0.15, 0.2) is 0 Å². The second-order valence-corrected chi connectivity index (χ2v) is 6.78. The van der Waals surface area contributed by atoms with Gasteiger partial charge in [0.2, 0.25) is 5.91 Å². The summed E-state index contributed by atoms with van der Waals surface area (Å²) in [5, 5.41) is 0. The number of methoxy groups -OCH3 is 1. The SMILES string of the molecule is COc1cccc(C[C@@H]2CC3(CCN(C(=O)CN)CC3)CO2)c1. The molecule has 0 unspecified atom stereocenters. The average molecular weight is 318 g/mol. The van der Waals surface area contributed by atoms with E-state index in [1.54, 1.807) is 7.11 Å². The fourth-order valence-corrected chi connectivity index (χ4v) is 3.80. The molecule has 2 saturated heterocycles. The first kappa shape index (κ1) is 16.3. The van der Waals surface area contributed by atoms with Gasteiger partial charge in [-0.15, -0.1) is 0 Å². The van der Waals surface area contributed by atoms with Gasteiger partial charge in [-0.3, -0.25) is 4.79 Å². The third kappa shape index (κ3) is 3.67. The molecular weight excluding hydrogens is 292 g/mol. The molecular formula is C18H26N2O3. The minimum atomic E-state index is 0.0618. The third-order valence-corrected chi connectivity index (χ3v) is 5.23. The highest BCUT2D eigenvalue weighted by Gasteiger charge is 2.42. The molecule has 5 heteroatoms. The molecule has 23 heavy (non-hydrogen) atoms. The normalized spacial score (nSPS) is 23.2. The summed E-state index contributed by atoms with van der Waals surface area (Å²) in [7, 11) is 1.69. The van der Waals surface area contributed by atoms with Crippen molar-refractivity contribution in [1.82, 2.24) is 4.90 Å². The molecule has 1 amide bonds. The van der Waals surface area contributed by atoms with Crippen molar-refractivity contribution >= 4 is 5.91 Å². The Bertz CT molecular complexity index is 553. The number of hydrogen-bond donors (Lipinski definition) is 1. The highest BCUT2D eigenvalue weighted by molar-refractivity contribution is 5.78. The molecule has 2 aliphatic rings. The lowest BCUT2D eigenvalue weighted by molar-refractivity contribution is -0.132. The Morgan fingerprint density at radius 2 is 2.22 bits per heavy atom. The zero-order valence-corrected chi connectivity index (χ0v) is 13.8. The number of piperidine rings is 1. The summed E-state index contributed by atoms with van der Waals surface area (Å²) in [6.45, 7) is 2.55. The van der Waals surface area contributed by atoms with Crippen LogP contribution in [0.25, 0.3) is 0 Å². The molecule has 0 radical (unpaired) electrons. The van der Waals surface area contributed by atoms with Crippen molar-refractivity contribution in [2.75, 3.05) is 33.4 Å². The lowest BCUT2D eigenvalue weighted by Crippen LogP contribution is -2.45. The van der Waals surface area contributed by atoms with Crippen molar-refractivity contribution in [3.63, 3.8) is 0 Å². The number of nitrogens with zero attached hydrogens (tertiary/aromatic N) is 1. The Morgan fingerprint density at radius 3 is 2.91 bits per heavy atom. The van der Waals surface area contributed by atoms with Crippen LogP contribution in [-0.2, 0) is 16.0 Å². The summed E-state index contributed by atoms with van der Waals surface area (Å²) in [6, 6.07) is 8.19. The molecule has 1 atom stereocenters. The van der Waals surface area contributed by atoms with E-state index >= 15 is 0 Å². The average Bonchev–Trinajstić information content (AvgIpc) is 2.97. The van der Waals surface area contributed by atoms with Gasteiger partial charge in [-0.2, -0.15) is 0 Å². The van der Waals surface area contributed by atoms with Gasteiger partial charge in [0.1, 0.15) is 5.75 Å². The van der Waals surface area contributed by atoms with Gasteiger partial charge in [-0.25, -0.2) is 0 Å². The molecule has 2 fully saturated rings. The van der Waals surface area contributed by atoms with E-state index in [1.165, 1.54) is 5.56 Å². The maximum absolute atomic E-state index is 11.7. The van der Waals surface area contributed by atoms with Crippen LogP contribution in [-0.4, -0.2) is 50.3 Å². The van der Waals surface area contributed by atoms with Crippen LogP contribution >= 0.6 is 0 Å². The number of ether oxygens (including phenoxy) is 2. The van der Waals surface area contributed by atoms with Gasteiger partial charge in [0.05, 0.1) is 26.4 Å². The number of carbonyl (C=O) groups is 1. The lowest BCUT2D eigenvalue weighted by Gasteiger charge is -2.38. The van der Waals surface area contributed by atoms with Crippen LogP contribution in [0, 0.1) is 5.41 Å². The molecule has 1 aromatic rings. The number of hydrogen-bond acceptors (Lipinski definition) is 4. The summed E-state index contributed by atoms with van der Waals surface area (Å²) >= 11 is 0. The quantitative estimate of drug-likeness (QED) is 0.916. The monoisotopic (exact) mass is 318 g/mol. The van der Waals surface area contributed by atoms with Crippen LogP contribution in [0.1, 0.15) is 24.8 Å². The van der Waals surface area contributed by atoms with E-state index in [2.05, 4.69) is 12.1 Å². The summed E-state index contributed by atoms with van der Waals surface area (Å²) in [5.41, 5.74) is 6.95. The minimum absolute atomic E-state index is 0.0618. The van der Waals surface area contributed by atoms with E-state index in [9.17, 15) is 4.79 Å². The Hall–Kier alpha value is -1.59. The third-order valence-electron chi connectivity index (χ3n) is 5.23. The zero-order valence-electron chi connectivity index (χ0n) is 13.8. The standard InChI is InChI=1S/C18H26N2O3/c1-22-15-4-2-3-14(9-15)10-16-11-18(13-23-16)5-7-20(8-6-18)17(21)12-19/h2-4,9,16H,5-8,10-13,19H2,1H3/t16-/m1/s1. The Labute approximate surface area is 137 Å². The smallest absolute Gasteiger partial charge is 0.236 e. The number of amides is 1. The molecule has 0 saturated carbocycles. The van der Waals surface area contributed by atoms with E-state index in [0.29, 0.717) is 0 Å². The van der Waals surface area contributed by atoms with Crippen molar-refractivity contribution in [2.45, 2.75) is 31.8 Å². The number of benzene rings is 1. The largest absolute Gasteiger partial charge is 0.497 e. The van der Waals surface area contributed by atoms with Crippen molar-refractivity contribution in [2.24, 2.45) is 11.1 Å². The molecule has 2 aliphatic heterocycles. The summed E-state index contributed by atoms with van der Waals surface area (Å²) in [4.78, 5) is 13.6. The van der Waals surface area contributed by atoms with Crippen LogP contribution in [0.5, 0.6) is 5.75 Å². The number of nitrogens with two attached hydrogens (primary N) is 1. The van der Waals surface area contributed by atoms with Crippen LogP contribution < -0.4 is 10.5 Å². The predicted molar refractivity (Wildman–Crippen MR) is 88.4 cm³/mol. The van der Waals surface area contributed by atoms with Gasteiger partial charge >= 0.3 is 0 Å². The molecule has 1 aromatic carbocycles. The fourth-order valence-electron chi connectivity index (χ4n) is 3.80. The fraction of sp³-hybridized carbons (Fsp3) is 0.611. The topological polar surface area (TPSA) is 64.8 Å². The Balaban J connectivity index is 1.55. The first-order valence-corrected chi connectivity index (χ1v) is 8.36. The Kier molecular flexibility index (Phi) is 4.87. The first-order valence-electron chi connectivity index (χ1n) is 8.36. The zero-order chi connectivity index (χ0) is 16.3. The predicted octanol–water partition coefficient (Wildman–Crippen LogP) is 1.59. The highest BCUT2D eigenvalue weighted by Crippen LogP contribution is 2.42. The number of likely N-dealkylation sites (tertiary alicyclic amines) is 1. The summed E-state index contributed by atoms with van der Waals surface area (Å²) in [5.74, 6) is 0.954. The lowest BCUT2D eigenvalue weighted by atomic mass is 9.76. The molecule has 1 spiro atoms. The number of carbonyl (C=O) groups excluding carboxylic acids is 1. The van der Waals surface area contributed by atoms with Gasteiger partial charge in [-0.05, 0) is 48.8 Å². The van der Waals surface area contributed by atoms with Crippen molar-refractivity contribution < 1.29 is 14.3 Å². The van der Waals surface area contributed by atoms with E-state index < -0.39 is 0 Å². The maximum atomic E-state index is 11.7. The second-order valence-electron chi connectivity index (χ2n) is 6.78. The van der Waals surface area contributed by atoms with Crippen molar-refractivity contribution in [1.29, 1.82) is 0 Å². The van der Waals surface area contributed by atoms with E-state index in [-0.39, 0.29) is 24.0 Å². The highest BCUT2D eigenvalue weighted by atomic mass is 16.5. The van der Waals surface area contributed by atoms with Gasteiger partial charge < -0.3 is 20.1 Å². The summed E-state index contributed by atoms with van der Waals surface area (Å²) < 4.78 is 11.4. The molecule has 3 rings (SSSR count). The van der Waals surface area contributed by atoms with E-state index in [4.69, 9.17) is 15.2 Å². The van der Waals surface area contributed by atoms with E-state index in [0.717, 1.165) is 51.1 Å². The molecule has 5 nitrogen and oxygen atoms in total. The van der Waals surface area contributed by atoms with Crippen molar-refractivity contribution in [3.8, 4) is 5.75 Å². The van der Waals surface area contributed by atoms with Gasteiger partial charge in [0.25, 0.3) is 0 Å². The maximum Gasteiger partial charge on any atom is 0.236 e. The molecule has 0 bridgehead atoms. The van der Waals surface area contributed by atoms with Crippen LogP contribution in [0.15, 0.2) is 24.3 Å². The molecule has 0 aliphatic carbocycles. The van der Waals surface area contributed by atoms with Crippen LogP contribution in [0.3, 0.4) is 0 Å². The molecule has 2 N–H and O–H groups in total.